The molecule has 5 nitrogen and oxygen atoms in total. The molecule has 2 rings (SSSR count). The molecule has 0 bridgehead atoms. The SMILES string of the molecule is COc1ccc(C(=O)NC2(CO)CC2)cc1OC. The molecule has 1 aromatic rings. The molecule has 0 saturated heterocycles. The number of aliphatic hydroxyl groups is 1. The van der Waals surface area contributed by atoms with Gasteiger partial charge in [0.15, 0.2) is 11.5 Å². The molecule has 1 fully saturated rings. The van der Waals surface area contributed by atoms with E-state index in [9.17, 15) is 9.90 Å². The molecule has 5 heteroatoms. The van der Waals surface area contributed by atoms with Gasteiger partial charge in [0, 0.05) is 5.56 Å². The lowest BCUT2D eigenvalue weighted by Gasteiger charge is -2.15. The smallest absolute Gasteiger partial charge is 0.251 e. The van der Waals surface area contributed by atoms with Gasteiger partial charge in [-0.25, -0.2) is 0 Å². The fourth-order valence-corrected chi connectivity index (χ4v) is 1.76. The molecule has 0 heterocycles. The van der Waals surface area contributed by atoms with Crippen molar-refractivity contribution >= 4 is 5.91 Å². The average Bonchev–Trinajstić information content (AvgIpc) is 3.18. The Labute approximate surface area is 106 Å². The first-order valence-electron chi connectivity index (χ1n) is 5.79. The predicted octanol–water partition coefficient (Wildman–Crippen LogP) is 0.958. The minimum atomic E-state index is -0.412. The van der Waals surface area contributed by atoms with Crippen molar-refractivity contribution in [1.29, 1.82) is 0 Å². The second-order valence-corrected chi connectivity index (χ2v) is 4.46. The lowest BCUT2D eigenvalue weighted by atomic mass is 10.1. The number of nitrogens with one attached hydrogen (secondary N) is 1. The number of carbonyl (C=O) groups excluding carboxylic acids is 1. The van der Waals surface area contributed by atoms with Crippen LogP contribution in [0.4, 0.5) is 0 Å². The van der Waals surface area contributed by atoms with Crippen LogP contribution in [0.3, 0.4) is 0 Å². The van der Waals surface area contributed by atoms with Crippen molar-refractivity contribution in [3.05, 3.63) is 23.8 Å². The van der Waals surface area contributed by atoms with Gasteiger partial charge in [-0.2, -0.15) is 0 Å². The van der Waals surface area contributed by atoms with Gasteiger partial charge in [0.2, 0.25) is 0 Å². The molecule has 1 aliphatic carbocycles. The van der Waals surface area contributed by atoms with Crippen LogP contribution < -0.4 is 14.8 Å². The Morgan fingerprint density at radius 3 is 2.50 bits per heavy atom. The van der Waals surface area contributed by atoms with Gasteiger partial charge >= 0.3 is 0 Å². The lowest BCUT2D eigenvalue weighted by molar-refractivity contribution is 0.0906. The van der Waals surface area contributed by atoms with Crippen LogP contribution in [0.15, 0.2) is 18.2 Å². The summed E-state index contributed by atoms with van der Waals surface area (Å²) in [5, 5.41) is 12.0. The Bertz CT molecular complexity index is 454. The molecule has 1 aromatic carbocycles. The highest BCUT2D eigenvalue weighted by Crippen LogP contribution is 2.35. The van der Waals surface area contributed by atoms with Crippen LogP contribution in [-0.4, -0.2) is 37.4 Å². The van der Waals surface area contributed by atoms with Gasteiger partial charge in [-0.1, -0.05) is 0 Å². The third kappa shape index (κ3) is 2.41. The number of ether oxygens (including phenoxy) is 2. The number of benzene rings is 1. The highest BCUT2D eigenvalue weighted by molar-refractivity contribution is 5.95. The predicted molar refractivity (Wildman–Crippen MR) is 66.1 cm³/mol. The van der Waals surface area contributed by atoms with E-state index >= 15 is 0 Å². The first kappa shape index (κ1) is 12.7. The Morgan fingerprint density at radius 1 is 1.33 bits per heavy atom. The second kappa shape index (κ2) is 4.86. The van der Waals surface area contributed by atoms with Gasteiger partial charge in [-0.3, -0.25) is 4.79 Å². The maximum absolute atomic E-state index is 12.0. The van der Waals surface area contributed by atoms with E-state index in [1.807, 2.05) is 0 Å². The standard InChI is InChI=1S/C13H17NO4/c1-17-10-4-3-9(7-11(10)18-2)12(16)14-13(8-15)5-6-13/h3-4,7,15H,5-6,8H2,1-2H3,(H,14,16). The highest BCUT2D eigenvalue weighted by atomic mass is 16.5. The van der Waals surface area contributed by atoms with Crippen molar-refractivity contribution in [2.75, 3.05) is 20.8 Å². The van der Waals surface area contributed by atoms with Gasteiger partial charge < -0.3 is 19.9 Å². The average molecular weight is 251 g/mol. The number of hydrogen-bond acceptors (Lipinski definition) is 4. The molecule has 98 valence electrons. The minimum absolute atomic E-state index is 0.0218. The fraction of sp³-hybridized carbons (Fsp3) is 0.462. The Hall–Kier alpha value is -1.75. The molecular weight excluding hydrogens is 234 g/mol. The van der Waals surface area contributed by atoms with Gasteiger partial charge in [-0.05, 0) is 31.0 Å². The molecule has 2 N–H and O–H groups in total. The molecule has 0 spiro atoms. The third-order valence-electron chi connectivity index (χ3n) is 3.18. The number of carbonyl (C=O) groups is 1. The molecule has 0 unspecified atom stereocenters. The van der Waals surface area contributed by atoms with E-state index in [4.69, 9.17) is 9.47 Å². The zero-order valence-electron chi connectivity index (χ0n) is 10.5. The zero-order chi connectivity index (χ0) is 13.2. The van der Waals surface area contributed by atoms with Gasteiger partial charge in [0.05, 0.1) is 26.4 Å². The molecule has 0 aromatic heterocycles. The fourth-order valence-electron chi connectivity index (χ4n) is 1.76. The maximum atomic E-state index is 12.0. The van der Waals surface area contributed by atoms with Crippen LogP contribution in [0.5, 0.6) is 11.5 Å². The van der Waals surface area contributed by atoms with Crippen molar-refractivity contribution in [3.8, 4) is 11.5 Å². The van der Waals surface area contributed by atoms with Crippen LogP contribution in [0.2, 0.25) is 0 Å². The molecule has 18 heavy (non-hydrogen) atoms. The van der Waals surface area contributed by atoms with E-state index in [0.717, 1.165) is 12.8 Å². The van der Waals surface area contributed by atoms with E-state index in [0.29, 0.717) is 17.1 Å². The number of aliphatic hydroxyl groups excluding tert-OH is 1. The van der Waals surface area contributed by atoms with Gasteiger partial charge in [0.1, 0.15) is 0 Å². The van der Waals surface area contributed by atoms with Crippen LogP contribution in [-0.2, 0) is 0 Å². The Kier molecular flexibility index (Phi) is 3.43. The minimum Gasteiger partial charge on any atom is -0.493 e. The van der Waals surface area contributed by atoms with E-state index < -0.39 is 5.54 Å². The molecule has 1 aliphatic rings. The first-order chi connectivity index (χ1) is 8.64. The van der Waals surface area contributed by atoms with Crippen LogP contribution in [0.25, 0.3) is 0 Å². The Morgan fingerprint density at radius 2 is 2.00 bits per heavy atom. The molecule has 0 atom stereocenters. The summed E-state index contributed by atoms with van der Waals surface area (Å²) in [5.41, 5.74) is 0.0805. The summed E-state index contributed by atoms with van der Waals surface area (Å²) >= 11 is 0. The van der Waals surface area contributed by atoms with Crippen molar-refractivity contribution in [2.24, 2.45) is 0 Å². The molecule has 0 aliphatic heterocycles. The van der Waals surface area contributed by atoms with Crippen LogP contribution in [0, 0.1) is 0 Å². The zero-order valence-corrected chi connectivity index (χ0v) is 10.5. The quantitative estimate of drug-likeness (QED) is 0.818. The molecular formula is C13H17NO4. The van der Waals surface area contributed by atoms with Crippen molar-refractivity contribution in [2.45, 2.75) is 18.4 Å². The first-order valence-corrected chi connectivity index (χ1v) is 5.79. The normalized spacial score (nSPS) is 15.9. The summed E-state index contributed by atoms with van der Waals surface area (Å²) in [7, 11) is 3.07. The lowest BCUT2D eigenvalue weighted by Crippen LogP contribution is -2.39. The van der Waals surface area contributed by atoms with Crippen molar-refractivity contribution in [1.82, 2.24) is 5.32 Å². The second-order valence-electron chi connectivity index (χ2n) is 4.46. The third-order valence-corrected chi connectivity index (χ3v) is 3.18. The number of methoxy groups -OCH3 is 2. The summed E-state index contributed by atoms with van der Waals surface area (Å²) in [6.07, 6.45) is 1.64. The molecule has 1 saturated carbocycles. The Balaban J connectivity index is 2.15. The summed E-state index contributed by atoms with van der Waals surface area (Å²) in [6, 6.07) is 4.98. The van der Waals surface area contributed by atoms with Gasteiger partial charge in [-0.15, -0.1) is 0 Å². The molecule has 0 radical (unpaired) electrons. The number of amides is 1. The maximum Gasteiger partial charge on any atom is 0.251 e. The van der Waals surface area contributed by atoms with Crippen LogP contribution >= 0.6 is 0 Å². The monoisotopic (exact) mass is 251 g/mol. The van der Waals surface area contributed by atoms with E-state index in [1.54, 1.807) is 25.3 Å². The summed E-state index contributed by atoms with van der Waals surface area (Å²) in [6.45, 7) is -0.0218. The van der Waals surface area contributed by atoms with E-state index in [-0.39, 0.29) is 12.5 Å². The van der Waals surface area contributed by atoms with E-state index in [2.05, 4.69) is 5.32 Å². The summed E-state index contributed by atoms with van der Waals surface area (Å²) < 4.78 is 10.3. The van der Waals surface area contributed by atoms with E-state index in [1.165, 1.54) is 7.11 Å². The summed E-state index contributed by atoms with van der Waals surface area (Å²) in [5.74, 6) is 0.888. The van der Waals surface area contributed by atoms with Crippen molar-refractivity contribution in [3.63, 3.8) is 0 Å². The van der Waals surface area contributed by atoms with Crippen LogP contribution in [0.1, 0.15) is 23.2 Å². The number of hydrogen-bond donors (Lipinski definition) is 2. The van der Waals surface area contributed by atoms with Gasteiger partial charge in [0.25, 0.3) is 5.91 Å². The topological polar surface area (TPSA) is 67.8 Å². The van der Waals surface area contributed by atoms with Crippen molar-refractivity contribution < 1.29 is 19.4 Å². The largest absolute Gasteiger partial charge is 0.493 e. The summed E-state index contributed by atoms with van der Waals surface area (Å²) in [4.78, 5) is 12.0. The molecule has 1 amide bonds. The highest BCUT2D eigenvalue weighted by Gasteiger charge is 2.43. The number of rotatable bonds is 5.